The molecule has 3 unspecified atom stereocenters. The molecule has 0 saturated heterocycles. The van der Waals surface area contributed by atoms with Gasteiger partial charge in [0.05, 0.1) is 33.5 Å². The smallest absolute Gasteiger partial charge is 0.468 e. The Hall–Kier alpha value is -3.54. The topological polar surface area (TPSA) is 159 Å². The zero-order valence-corrected chi connectivity index (χ0v) is 25.2. The molecule has 0 spiro atoms. The Balaban J connectivity index is 3.12. The summed E-state index contributed by atoms with van der Waals surface area (Å²) in [6.45, 7) is 11.8. The summed E-state index contributed by atoms with van der Waals surface area (Å²) in [5, 5.41) is 0. The molecule has 0 radical (unpaired) electrons. The highest BCUT2D eigenvalue weighted by Gasteiger charge is 2.36. The second kappa shape index (κ2) is 18.0. The standard InChI is InChI=1S/C29H45NO11/c1-8-20(5)17-38-27(33)40-23-11-10-22(14-24(23)41-28(34)39-18-21(6)9-2)15-29(30,25(31)35-7)12-13-36-26(32)37-16-19(3)4/h10-11,14,19-21H,8-9,12-13,15-18,30H2,1-7H3. The molecule has 0 aromatic heterocycles. The molecule has 1 aromatic carbocycles. The first-order chi connectivity index (χ1) is 19.3. The zero-order valence-electron chi connectivity index (χ0n) is 25.2. The molecule has 1 aromatic rings. The summed E-state index contributed by atoms with van der Waals surface area (Å²) < 4.78 is 35.9. The maximum absolute atomic E-state index is 12.6. The minimum absolute atomic E-state index is 0.0935. The van der Waals surface area contributed by atoms with Gasteiger partial charge in [-0.1, -0.05) is 60.5 Å². The molecule has 0 bridgehead atoms. The largest absolute Gasteiger partial charge is 0.513 e. The van der Waals surface area contributed by atoms with E-state index in [1.807, 2.05) is 41.5 Å². The molecule has 12 heteroatoms. The summed E-state index contributed by atoms with van der Waals surface area (Å²) in [6.07, 6.45) is -1.43. The highest BCUT2D eigenvalue weighted by Crippen LogP contribution is 2.31. The third-order valence-electron chi connectivity index (χ3n) is 6.17. The monoisotopic (exact) mass is 583 g/mol. The molecule has 12 nitrogen and oxygen atoms in total. The van der Waals surface area contributed by atoms with Gasteiger partial charge >= 0.3 is 24.4 Å². The number of nitrogens with two attached hydrogens (primary N) is 1. The number of ether oxygens (including phenoxy) is 7. The molecule has 0 aliphatic heterocycles. The van der Waals surface area contributed by atoms with Crippen LogP contribution in [0.15, 0.2) is 18.2 Å². The van der Waals surface area contributed by atoms with Crippen molar-refractivity contribution in [2.75, 3.05) is 33.5 Å². The Bertz CT molecular complexity index is 997. The van der Waals surface area contributed by atoms with E-state index < -0.39 is 30.0 Å². The van der Waals surface area contributed by atoms with Crippen molar-refractivity contribution in [2.24, 2.45) is 23.5 Å². The number of rotatable bonds is 16. The van der Waals surface area contributed by atoms with E-state index in [0.717, 1.165) is 12.8 Å². The van der Waals surface area contributed by atoms with Gasteiger partial charge in [-0.15, -0.1) is 0 Å². The highest BCUT2D eigenvalue weighted by molar-refractivity contribution is 5.81. The number of benzene rings is 1. The average Bonchev–Trinajstić information content (AvgIpc) is 2.94. The number of hydrogen-bond acceptors (Lipinski definition) is 12. The minimum atomic E-state index is -1.61. The van der Waals surface area contributed by atoms with Crippen LogP contribution in [0.1, 0.15) is 66.4 Å². The van der Waals surface area contributed by atoms with Crippen molar-refractivity contribution in [3.8, 4) is 11.5 Å². The van der Waals surface area contributed by atoms with Gasteiger partial charge in [0.15, 0.2) is 11.5 Å². The van der Waals surface area contributed by atoms with Crippen LogP contribution in [-0.4, -0.2) is 63.5 Å². The quantitative estimate of drug-likeness (QED) is 0.150. The molecule has 0 heterocycles. The van der Waals surface area contributed by atoms with Gasteiger partial charge in [-0.25, -0.2) is 14.4 Å². The van der Waals surface area contributed by atoms with E-state index >= 15 is 0 Å². The first kappa shape index (κ1) is 35.5. The molecule has 0 saturated carbocycles. The highest BCUT2D eigenvalue weighted by atomic mass is 16.7. The van der Waals surface area contributed by atoms with Crippen LogP contribution < -0.4 is 15.2 Å². The lowest BCUT2D eigenvalue weighted by atomic mass is 9.88. The van der Waals surface area contributed by atoms with Crippen LogP contribution in [0, 0.1) is 17.8 Å². The molecule has 0 aliphatic carbocycles. The molecule has 232 valence electrons. The number of carbonyl (C=O) groups is 4. The van der Waals surface area contributed by atoms with Crippen molar-refractivity contribution in [1.29, 1.82) is 0 Å². The molecular weight excluding hydrogens is 538 g/mol. The van der Waals surface area contributed by atoms with Crippen LogP contribution >= 0.6 is 0 Å². The van der Waals surface area contributed by atoms with Crippen molar-refractivity contribution in [3.05, 3.63) is 23.8 Å². The molecule has 0 amide bonds. The summed E-state index contributed by atoms with van der Waals surface area (Å²) in [5.74, 6) is -0.612. The zero-order chi connectivity index (χ0) is 31.0. The number of esters is 1. The van der Waals surface area contributed by atoms with Crippen LogP contribution in [0.3, 0.4) is 0 Å². The molecule has 2 N–H and O–H groups in total. The van der Waals surface area contributed by atoms with Crippen LogP contribution in [-0.2, 0) is 34.9 Å². The predicted molar refractivity (Wildman–Crippen MR) is 149 cm³/mol. The molecule has 1 rings (SSSR count). The van der Waals surface area contributed by atoms with Crippen LogP contribution in [0.5, 0.6) is 11.5 Å². The first-order valence-corrected chi connectivity index (χ1v) is 13.8. The van der Waals surface area contributed by atoms with Gasteiger partial charge in [0.1, 0.15) is 5.54 Å². The molecule has 41 heavy (non-hydrogen) atoms. The fourth-order valence-corrected chi connectivity index (χ4v) is 3.14. The Morgan fingerprint density at radius 2 is 1.32 bits per heavy atom. The summed E-state index contributed by atoms with van der Waals surface area (Å²) in [4.78, 5) is 49.1. The molecule has 0 fully saturated rings. The van der Waals surface area contributed by atoms with Crippen LogP contribution in [0.25, 0.3) is 0 Å². The van der Waals surface area contributed by atoms with Gasteiger partial charge in [-0.3, -0.25) is 4.79 Å². The van der Waals surface area contributed by atoms with Gasteiger partial charge < -0.3 is 38.9 Å². The summed E-state index contributed by atoms with van der Waals surface area (Å²) in [5.41, 5.74) is 5.22. The summed E-state index contributed by atoms with van der Waals surface area (Å²) in [7, 11) is 1.19. The molecule has 3 atom stereocenters. The summed E-state index contributed by atoms with van der Waals surface area (Å²) in [6, 6.07) is 4.32. The van der Waals surface area contributed by atoms with Crippen LogP contribution in [0.2, 0.25) is 0 Å². The molecule has 0 aliphatic rings. The molecular formula is C29H45NO11. The van der Waals surface area contributed by atoms with Crippen molar-refractivity contribution in [2.45, 2.75) is 72.8 Å². The van der Waals surface area contributed by atoms with Crippen molar-refractivity contribution >= 4 is 24.4 Å². The van der Waals surface area contributed by atoms with Crippen molar-refractivity contribution < 1.29 is 52.3 Å². The fraction of sp³-hybridized carbons (Fsp3) is 0.655. The van der Waals surface area contributed by atoms with Crippen molar-refractivity contribution in [3.63, 3.8) is 0 Å². The average molecular weight is 584 g/mol. The second-order valence-electron chi connectivity index (χ2n) is 10.5. The normalized spacial score (nSPS) is 13.8. The first-order valence-electron chi connectivity index (χ1n) is 13.8. The van der Waals surface area contributed by atoms with E-state index in [0.29, 0.717) is 5.56 Å². The third kappa shape index (κ3) is 13.6. The SMILES string of the molecule is CCC(C)COC(=O)Oc1ccc(CC(N)(CCOC(=O)OCC(C)C)C(=O)OC)cc1OC(=O)OCC(C)CC. The Labute approximate surface area is 242 Å². The van der Waals surface area contributed by atoms with E-state index in [1.165, 1.54) is 25.3 Å². The summed E-state index contributed by atoms with van der Waals surface area (Å²) >= 11 is 0. The third-order valence-corrected chi connectivity index (χ3v) is 6.17. The second-order valence-corrected chi connectivity index (χ2v) is 10.5. The predicted octanol–water partition coefficient (Wildman–Crippen LogP) is 5.42. The van der Waals surface area contributed by atoms with E-state index in [-0.39, 0.29) is 68.5 Å². The maximum Gasteiger partial charge on any atom is 0.513 e. The van der Waals surface area contributed by atoms with Gasteiger partial charge in [-0.2, -0.15) is 0 Å². The Morgan fingerprint density at radius 1 is 0.780 bits per heavy atom. The van der Waals surface area contributed by atoms with Gasteiger partial charge in [-0.05, 0) is 35.4 Å². The van der Waals surface area contributed by atoms with E-state index in [2.05, 4.69) is 0 Å². The van der Waals surface area contributed by atoms with E-state index in [4.69, 9.17) is 38.9 Å². The van der Waals surface area contributed by atoms with Gasteiger partial charge in [0.2, 0.25) is 0 Å². The number of carbonyl (C=O) groups excluding carboxylic acids is 4. The van der Waals surface area contributed by atoms with Crippen LogP contribution in [0.4, 0.5) is 14.4 Å². The Kier molecular flexibility index (Phi) is 15.6. The lowest BCUT2D eigenvalue weighted by Gasteiger charge is -2.26. The fourth-order valence-electron chi connectivity index (χ4n) is 3.14. The van der Waals surface area contributed by atoms with Gasteiger partial charge in [0.25, 0.3) is 0 Å². The number of hydrogen-bond donors (Lipinski definition) is 1. The lowest BCUT2D eigenvalue weighted by molar-refractivity contribution is -0.147. The van der Waals surface area contributed by atoms with E-state index in [1.54, 1.807) is 0 Å². The lowest BCUT2D eigenvalue weighted by Crippen LogP contribution is -2.51. The van der Waals surface area contributed by atoms with E-state index in [9.17, 15) is 19.2 Å². The number of methoxy groups -OCH3 is 1. The van der Waals surface area contributed by atoms with Gasteiger partial charge in [0, 0.05) is 12.8 Å². The minimum Gasteiger partial charge on any atom is -0.468 e. The maximum atomic E-state index is 12.6. The Morgan fingerprint density at radius 3 is 1.83 bits per heavy atom. The van der Waals surface area contributed by atoms with Crippen molar-refractivity contribution in [1.82, 2.24) is 0 Å².